The lowest BCUT2D eigenvalue weighted by Crippen LogP contribution is -2.24. The zero-order chi connectivity index (χ0) is 27.7. The van der Waals surface area contributed by atoms with Crippen LogP contribution >= 0.6 is 0 Å². The molecule has 0 bridgehead atoms. The largest absolute Gasteiger partial charge is 0.481 e. The molecular formula is C28H33FN4O5. The summed E-state index contributed by atoms with van der Waals surface area (Å²) >= 11 is 0. The highest BCUT2D eigenvalue weighted by Gasteiger charge is 2.19. The van der Waals surface area contributed by atoms with Gasteiger partial charge in [0.1, 0.15) is 23.5 Å². The van der Waals surface area contributed by atoms with Gasteiger partial charge >= 0.3 is 0 Å². The van der Waals surface area contributed by atoms with Gasteiger partial charge in [0.05, 0.1) is 12.2 Å². The van der Waals surface area contributed by atoms with Crippen LogP contribution in [0.3, 0.4) is 0 Å². The fourth-order valence-electron chi connectivity index (χ4n) is 3.18. The minimum Gasteiger partial charge on any atom is -0.481 e. The van der Waals surface area contributed by atoms with Crippen molar-refractivity contribution in [1.82, 2.24) is 20.4 Å². The average molecular weight is 525 g/mol. The number of benzene rings is 2. The molecule has 2 aromatic carbocycles. The number of ether oxygens (including phenoxy) is 1. The SMILES string of the molecule is CCC(Oc1ccc(-c2noc(C(C)C)n2)cc1)c1nc(-c2ccc(C=O)c(F)c2)co1.CNC(C)CO. The van der Waals surface area contributed by atoms with Crippen molar-refractivity contribution in [3.8, 4) is 28.4 Å². The zero-order valence-electron chi connectivity index (χ0n) is 22.1. The minimum absolute atomic E-state index is 0.00284. The predicted molar refractivity (Wildman–Crippen MR) is 140 cm³/mol. The fourth-order valence-corrected chi connectivity index (χ4v) is 3.18. The van der Waals surface area contributed by atoms with Crippen LogP contribution in [0.15, 0.2) is 57.7 Å². The molecule has 0 fully saturated rings. The molecule has 202 valence electrons. The molecule has 0 aliphatic heterocycles. The molecule has 2 heterocycles. The number of nitrogens with one attached hydrogen (secondary N) is 1. The van der Waals surface area contributed by atoms with E-state index in [0.717, 1.165) is 5.56 Å². The maximum absolute atomic E-state index is 13.9. The zero-order valence-corrected chi connectivity index (χ0v) is 22.1. The Morgan fingerprint density at radius 3 is 2.32 bits per heavy atom. The molecule has 9 nitrogen and oxygen atoms in total. The first-order valence-corrected chi connectivity index (χ1v) is 12.4. The maximum atomic E-state index is 13.9. The highest BCUT2D eigenvalue weighted by Crippen LogP contribution is 2.29. The molecule has 0 aliphatic rings. The summed E-state index contributed by atoms with van der Waals surface area (Å²) in [6.07, 6.45) is 2.11. The number of aldehydes is 1. The number of hydrogen-bond donors (Lipinski definition) is 2. The number of aromatic nitrogens is 3. The van der Waals surface area contributed by atoms with E-state index < -0.39 is 11.9 Å². The molecule has 10 heteroatoms. The van der Waals surface area contributed by atoms with Crippen molar-refractivity contribution < 1.29 is 28.0 Å². The van der Waals surface area contributed by atoms with Crippen molar-refractivity contribution >= 4 is 6.29 Å². The van der Waals surface area contributed by atoms with Gasteiger partial charge in [0.15, 0.2) is 12.4 Å². The Morgan fingerprint density at radius 2 is 1.79 bits per heavy atom. The van der Waals surface area contributed by atoms with Crippen LogP contribution in [0.4, 0.5) is 4.39 Å². The number of nitrogens with zero attached hydrogens (tertiary/aromatic N) is 3. The van der Waals surface area contributed by atoms with Gasteiger partial charge in [0.25, 0.3) is 0 Å². The van der Waals surface area contributed by atoms with Crippen LogP contribution in [0.2, 0.25) is 0 Å². The van der Waals surface area contributed by atoms with E-state index in [-0.39, 0.29) is 24.1 Å². The monoisotopic (exact) mass is 524 g/mol. The van der Waals surface area contributed by atoms with Crippen LogP contribution in [-0.2, 0) is 0 Å². The minimum atomic E-state index is -0.604. The van der Waals surface area contributed by atoms with E-state index in [1.165, 1.54) is 18.4 Å². The lowest BCUT2D eigenvalue weighted by molar-refractivity contribution is 0.112. The molecule has 4 rings (SSSR count). The Hall–Kier alpha value is -3.89. The van der Waals surface area contributed by atoms with Gasteiger partial charge in [-0.05, 0) is 56.8 Å². The third-order valence-electron chi connectivity index (χ3n) is 5.68. The first-order valence-electron chi connectivity index (χ1n) is 12.4. The maximum Gasteiger partial charge on any atom is 0.236 e. The van der Waals surface area contributed by atoms with Crippen molar-refractivity contribution in [3.63, 3.8) is 0 Å². The van der Waals surface area contributed by atoms with Gasteiger partial charge in [-0.25, -0.2) is 9.37 Å². The van der Waals surface area contributed by atoms with Crippen LogP contribution in [0.5, 0.6) is 5.75 Å². The molecule has 2 N–H and O–H groups in total. The van der Waals surface area contributed by atoms with Crippen molar-refractivity contribution in [2.24, 2.45) is 0 Å². The standard InChI is InChI=1S/C24H22FN3O4.C4H11NO/c1-4-21(24-26-20(13-30-24)16-5-6-17(12-29)19(25)11-16)31-18-9-7-15(8-10-18)22-27-23(14(2)3)32-28-22;1-4(3-6)5-2/h5-14,21H,4H2,1-3H3;4-6H,3H2,1-2H3. The van der Waals surface area contributed by atoms with E-state index in [0.29, 0.717) is 47.3 Å². The number of rotatable bonds is 10. The van der Waals surface area contributed by atoms with E-state index in [4.69, 9.17) is 18.8 Å². The molecule has 0 amide bonds. The van der Waals surface area contributed by atoms with Gasteiger partial charge in [-0.2, -0.15) is 4.98 Å². The molecule has 2 aromatic heterocycles. The van der Waals surface area contributed by atoms with Gasteiger partial charge in [0, 0.05) is 23.1 Å². The third kappa shape index (κ3) is 7.33. The summed E-state index contributed by atoms with van der Waals surface area (Å²) in [5, 5.41) is 15.1. The van der Waals surface area contributed by atoms with Crippen molar-refractivity contribution in [3.05, 3.63) is 71.9 Å². The Kier molecular flexibility index (Phi) is 10.3. The van der Waals surface area contributed by atoms with Crippen LogP contribution < -0.4 is 10.1 Å². The summed E-state index contributed by atoms with van der Waals surface area (Å²) in [7, 11) is 1.82. The van der Waals surface area contributed by atoms with E-state index >= 15 is 0 Å². The van der Waals surface area contributed by atoms with Gasteiger partial charge in [0.2, 0.25) is 17.6 Å². The first kappa shape index (κ1) is 28.7. The summed E-state index contributed by atoms with van der Waals surface area (Å²) in [5.41, 5.74) is 1.80. The Morgan fingerprint density at radius 1 is 1.08 bits per heavy atom. The van der Waals surface area contributed by atoms with Crippen molar-refractivity contribution in [1.29, 1.82) is 0 Å². The van der Waals surface area contributed by atoms with Crippen LogP contribution in [-0.4, -0.2) is 46.2 Å². The predicted octanol–water partition coefficient (Wildman–Crippen LogP) is 5.58. The smallest absolute Gasteiger partial charge is 0.236 e. The highest BCUT2D eigenvalue weighted by atomic mass is 19.1. The lowest BCUT2D eigenvalue weighted by atomic mass is 10.1. The summed E-state index contributed by atoms with van der Waals surface area (Å²) in [6, 6.07) is 11.9. The highest BCUT2D eigenvalue weighted by molar-refractivity contribution is 5.76. The average Bonchev–Trinajstić information content (AvgIpc) is 3.63. The summed E-state index contributed by atoms with van der Waals surface area (Å²) in [6.45, 7) is 8.07. The molecule has 2 unspecified atom stereocenters. The van der Waals surface area contributed by atoms with Crippen molar-refractivity contribution in [2.75, 3.05) is 13.7 Å². The first-order chi connectivity index (χ1) is 18.3. The molecule has 38 heavy (non-hydrogen) atoms. The number of likely N-dealkylation sites (N-methyl/N-ethyl adjacent to an activating group) is 1. The van der Waals surface area contributed by atoms with E-state index in [1.54, 1.807) is 6.07 Å². The number of halogens is 1. The van der Waals surface area contributed by atoms with Crippen molar-refractivity contribution in [2.45, 2.75) is 52.2 Å². The number of aliphatic hydroxyl groups excluding tert-OH is 1. The van der Waals surface area contributed by atoms with E-state index in [2.05, 4.69) is 20.4 Å². The topological polar surface area (TPSA) is 124 Å². The normalized spacial score (nSPS) is 12.5. The second kappa shape index (κ2) is 13.6. The van der Waals surface area contributed by atoms with E-state index in [9.17, 15) is 9.18 Å². The molecule has 4 aromatic rings. The number of aliphatic hydroxyl groups is 1. The molecule has 0 spiro atoms. The summed E-state index contributed by atoms with van der Waals surface area (Å²) in [4.78, 5) is 19.7. The molecule has 0 saturated carbocycles. The molecule has 0 saturated heterocycles. The molecular weight excluding hydrogens is 491 g/mol. The molecule has 0 radical (unpaired) electrons. The third-order valence-corrected chi connectivity index (χ3v) is 5.68. The number of carbonyl (C=O) groups excluding carboxylic acids is 1. The Bertz CT molecular complexity index is 1300. The number of oxazole rings is 1. The summed E-state index contributed by atoms with van der Waals surface area (Å²) in [5.74, 6) is 1.69. The lowest BCUT2D eigenvalue weighted by Gasteiger charge is -2.14. The second-order valence-corrected chi connectivity index (χ2v) is 8.95. The molecule has 2 atom stereocenters. The Balaban J connectivity index is 0.000000599. The van der Waals surface area contributed by atoms with Crippen LogP contribution in [0, 0.1) is 5.82 Å². The fraction of sp³-hybridized carbons (Fsp3) is 0.357. The van der Waals surface area contributed by atoms with Crippen LogP contribution in [0.25, 0.3) is 22.6 Å². The van der Waals surface area contributed by atoms with Crippen LogP contribution in [0.1, 0.15) is 68.3 Å². The van der Waals surface area contributed by atoms with E-state index in [1.807, 2.05) is 59.0 Å². The Labute approximate surface area is 221 Å². The summed E-state index contributed by atoms with van der Waals surface area (Å²) < 4.78 is 30.8. The second-order valence-electron chi connectivity index (χ2n) is 8.95. The van der Waals surface area contributed by atoms with Gasteiger partial charge < -0.3 is 24.1 Å². The molecule has 0 aliphatic carbocycles. The number of hydrogen-bond acceptors (Lipinski definition) is 9. The number of carbonyl (C=O) groups is 1. The van der Waals surface area contributed by atoms with Gasteiger partial charge in [-0.3, -0.25) is 4.79 Å². The van der Waals surface area contributed by atoms with Gasteiger partial charge in [-0.15, -0.1) is 0 Å². The quantitative estimate of drug-likeness (QED) is 0.256. The van der Waals surface area contributed by atoms with Gasteiger partial charge in [-0.1, -0.05) is 32.0 Å².